The van der Waals surface area contributed by atoms with E-state index < -0.39 is 8.07 Å². The fraction of sp³-hybridized carbons (Fsp3) is 0.350. The molecule has 3 aromatic rings. The van der Waals surface area contributed by atoms with Crippen LogP contribution in [0.25, 0.3) is 11.0 Å². The first-order valence-corrected chi connectivity index (χ1v) is 12.2. The summed E-state index contributed by atoms with van der Waals surface area (Å²) in [6.45, 7) is 9.41. The topological polar surface area (TPSA) is 8.81 Å². The van der Waals surface area contributed by atoms with Crippen molar-refractivity contribution in [3.05, 3.63) is 66.5 Å². The Balaban J connectivity index is 0.00000208. The maximum atomic E-state index is 2.45. The lowest BCUT2D eigenvalue weighted by atomic mass is 10.2. The summed E-state index contributed by atoms with van der Waals surface area (Å²) in [6, 6.07) is 20.8. The molecule has 4 heteroatoms. The fourth-order valence-corrected chi connectivity index (χ4v) is 4.33. The van der Waals surface area contributed by atoms with Crippen LogP contribution in [0.15, 0.2) is 60.9 Å². The molecule has 3 rings (SSSR count). The van der Waals surface area contributed by atoms with E-state index in [0.29, 0.717) is 0 Å². The van der Waals surface area contributed by atoms with Crippen LogP contribution in [-0.4, -0.2) is 12.6 Å². The maximum Gasteiger partial charge on any atom is 0.245 e. The van der Waals surface area contributed by atoms with Gasteiger partial charge in [-0.25, -0.2) is 9.13 Å². The van der Waals surface area contributed by atoms with Crippen molar-refractivity contribution in [2.75, 3.05) is 0 Å². The van der Waals surface area contributed by atoms with Gasteiger partial charge in [-0.1, -0.05) is 68.1 Å². The van der Waals surface area contributed by atoms with E-state index in [4.69, 9.17) is 0 Å². The van der Waals surface area contributed by atoms with Crippen LogP contribution in [0.4, 0.5) is 0 Å². The van der Waals surface area contributed by atoms with E-state index >= 15 is 0 Å². The molecule has 0 spiro atoms. The van der Waals surface area contributed by atoms with Gasteiger partial charge in [0, 0.05) is 8.07 Å². The minimum absolute atomic E-state index is 0. The molecule has 0 bridgehead atoms. The molecule has 2 aromatic carbocycles. The molecule has 0 unspecified atom stereocenters. The van der Waals surface area contributed by atoms with Crippen LogP contribution in [0.3, 0.4) is 0 Å². The summed E-state index contributed by atoms with van der Waals surface area (Å²) in [5.74, 6) is 0. The summed E-state index contributed by atoms with van der Waals surface area (Å²) in [5.41, 5.74) is 4.02. The molecule has 2 nitrogen and oxygen atoms in total. The molecule has 0 saturated heterocycles. The highest BCUT2D eigenvalue weighted by atomic mass is 79.9. The zero-order valence-corrected chi connectivity index (χ0v) is 17.5. The third kappa shape index (κ3) is 4.80. The first-order chi connectivity index (χ1) is 11.0. The number of benzene rings is 2. The molecule has 24 heavy (non-hydrogen) atoms. The van der Waals surface area contributed by atoms with Crippen LogP contribution < -0.4 is 21.5 Å². The second-order valence-electron chi connectivity index (χ2n) is 7.58. The Kier molecular flexibility index (Phi) is 6.41. The number of hydrogen-bond acceptors (Lipinski definition) is 0. The highest BCUT2D eigenvalue weighted by Crippen LogP contribution is 2.16. The Labute approximate surface area is 156 Å². The summed E-state index contributed by atoms with van der Waals surface area (Å²) in [4.78, 5) is 0. The molecule has 0 atom stereocenters. The van der Waals surface area contributed by atoms with Gasteiger partial charge >= 0.3 is 0 Å². The van der Waals surface area contributed by atoms with Crippen molar-refractivity contribution in [1.29, 1.82) is 0 Å². The molecule has 0 aliphatic rings. The molecule has 0 fully saturated rings. The molecule has 0 saturated carbocycles. The van der Waals surface area contributed by atoms with E-state index in [1.54, 1.807) is 0 Å². The number of fused-ring (bicyclic) bond motifs is 1. The lowest BCUT2D eigenvalue weighted by molar-refractivity contribution is -0.663. The molecule has 1 aromatic heterocycles. The smallest absolute Gasteiger partial charge is 0.245 e. The first kappa shape index (κ1) is 18.9. The molecule has 0 N–H and O–H groups in total. The second kappa shape index (κ2) is 8.12. The van der Waals surface area contributed by atoms with Gasteiger partial charge in [0.05, 0.1) is 6.54 Å². The Morgan fingerprint density at radius 3 is 2.29 bits per heavy atom. The Bertz CT molecular complexity index is 775. The summed E-state index contributed by atoms with van der Waals surface area (Å²) in [6.07, 6.45) is 3.57. The van der Waals surface area contributed by atoms with Crippen molar-refractivity contribution in [2.24, 2.45) is 0 Å². The van der Waals surface area contributed by atoms with E-state index in [9.17, 15) is 0 Å². The van der Waals surface area contributed by atoms with Gasteiger partial charge in [0.25, 0.3) is 0 Å². The molecular weight excluding hydrogens is 376 g/mol. The van der Waals surface area contributed by atoms with Gasteiger partial charge < -0.3 is 17.0 Å². The van der Waals surface area contributed by atoms with Crippen LogP contribution in [0.1, 0.15) is 12.0 Å². The number of para-hydroxylation sites is 2. The Morgan fingerprint density at radius 2 is 1.58 bits per heavy atom. The van der Waals surface area contributed by atoms with Crippen molar-refractivity contribution in [3.8, 4) is 0 Å². The predicted molar refractivity (Wildman–Crippen MR) is 100 cm³/mol. The quantitative estimate of drug-likeness (QED) is 0.438. The predicted octanol–water partition coefficient (Wildman–Crippen LogP) is 1.71. The lowest BCUT2D eigenvalue weighted by Crippen LogP contribution is -3.00. The van der Waals surface area contributed by atoms with Crippen LogP contribution in [0.5, 0.6) is 0 Å². The second-order valence-corrected chi connectivity index (χ2v) is 13.2. The molecule has 128 valence electrons. The zero-order valence-electron chi connectivity index (χ0n) is 14.9. The largest absolute Gasteiger partial charge is 1.00 e. The van der Waals surface area contributed by atoms with E-state index in [1.165, 1.54) is 29.1 Å². The van der Waals surface area contributed by atoms with Crippen molar-refractivity contribution in [1.82, 2.24) is 4.57 Å². The van der Waals surface area contributed by atoms with E-state index in [-0.39, 0.29) is 17.0 Å². The van der Waals surface area contributed by atoms with Gasteiger partial charge in [0.2, 0.25) is 6.33 Å². The van der Waals surface area contributed by atoms with Crippen LogP contribution in [0, 0.1) is 0 Å². The summed E-state index contributed by atoms with van der Waals surface area (Å²) in [7, 11) is -0.953. The number of halogens is 1. The fourth-order valence-electron chi connectivity index (χ4n) is 3.11. The van der Waals surface area contributed by atoms with Gasteiger partial charge in [0.15, 0.2) is 11.0 Å². The number of aromatic nitrogens is 2. The molecule has 0 radical (unpaired) electrons. The highest BCUT2D eigenvalue weighted by molar-refractivity contribution is 6.76. The molecule has 0 amide bonds. The van der Waals surface area contributed by atoms with Crippen LogP contribution >= 0.6 is 0 Å². The van der Waals surface area contributed by atoms with Crippen molar-refractivity contribution < 1.29 is 21.5 Å². The summed E-state index contributed by atoms with van der Waals surface area (Å²) in [5, 5.41) is 0. The summed E-state index contributed by atoms with van der Waals surface area (Å²) < 4.78 is 4.80. The monoisotopic (exact) mass is 402 g/mol. The average molecular weight is 403 g/mol. The van der Waals surface area contributed by atoms with E-state index in [1.807, 2.05) is 0 Å². The molecule has 0 aliphatic carbocycles. The van der Waals surface area contributed by atoms with Gasteiger partial charge in [0.1, 0.15) is 6.54 Å². The minimum atomic E-state index is -0.953. The standard InChI is InChI=1S/C20H27N2Si.BrH/c1-23(2,3)15-9-14-21-17-22(16-18-10-5-4-6-11-18)20-13-8-7-12-19(20)21;/h4-8,10-13,17H,9,14-16H2,1-3H3;1H/q+1;/p-1. The van der Waals surface area contributed by atoms with Gasteiger partial charge in [-0.15, -0.1) is 0 Å². The third-order valence-corrected chi connectivity index (χ3v) is 6.15. The lowest BCUT2D eigenvalue weighted by Gasteiger charge is -2.14. The number of aryl methyl sites for hydroxylation is 1. The molecule has 0 aliphatic heterocycles. The Hall–Kier alpha value is -1.39. The number of rotatable bonds is 6. The van der Waals surface area contributed by atoms with Crippen LogP contribution in [-0.2, 0) is 13.1 Å². The molecular formula is C20H27BrN2Si. The van der Waals surface area contributed by atoms with Gasteiger partial charge in [-0.2, -0.15) is 0 Å². The highest BCUT2D eigenvalue weighted by Gasteiger charge is 2.17. The first-order valence-electron chi connectivity index (χ1n) is 8.54. The van der Waals surface area contributed by atoms with E-state index in [0.717, 1.165) is 13.1 Å². The number of imidazole rings is 1. The SMILES string of the molecule is C[Si](C)(C)CCCn1c[n+](Cc2ccccc2)c2ccccc21.[Br-]. The van der Waals surface area contributed by atoms with Crippen molar-refractivity contribution >= 4 is 19.1 Å². The number of nitrogens with zero attached hydrogens (tertiary/aromatic N) is 2. The van der Waals surface area contributed by atoms with E-state index in [2.05, 4.69) is 89.7 Å². The maximum absolute atomic E-state index is 2.45. The average Bonchev–Trinajstić information content (AvgIpc) is 2.86. The third-order valence-electron chi connectivity index (χ3n) is 4.30. The van der Waals surface area contributed by atoms with Crippen molar-refractivity contribution in [2.45, 2.75) is 45.2 Å². The van der Waals surface area contributed by atoms with Crippen LogP contribution in [0.2, 0.25) is 25.7 Å². The minimum Gasteiger partial charge on any atom is -1.00 e. The van der Waals surface area contributed by atoms with Gasteiger partial charge in [-0.05, 0) is 24.1 Å². The summed E-state index contributed by atoms with van der Waals surface area (Å²) >= 11 is 0. The normalized spacial score (nSPS) is 11.5. The number of hydrogen-bond donors (Lipinski definition) is 0. The molecule has 1 heterocycles. The zero-order chi connectivity index (χ0) is 16.3. The Morgan fingerprint density at radius 1 is 0.917 bits per heavy atom. The van der Waals surface area contributed by atoms with Crippen molar-refractivity contribution in [3.63, 3.8) is 0 Å². The van der Waals surface area contributed by atoms with Gasteiger partial charge in [-0.3, -0.25) is 0 Å².